The Hall–Kier alpha value is -2.12. The van der Waals surface area contributed by atoms with E-state index in [1.165, 1.54) is 6.08 Å². The maximum absolute atomic E-state index is 11.8. The summed E-state index contributed by atoms with van der Waals surface area (Å²) in [6, 6.07) is 9.15. The lowest BCUT2D eigenvalue weighted by Gasteiger charge is -2.24. The maximum atomic E-state index is 11.8. The Balaban J connectivity index is 2.50. The first-order valence-corrected chi connectivity index (χ1v) is 7.04. The van der Waals surface area contributed by atoms with E-state index in [2.05, 4.69) is 25.2 Å². The lowest BCUT2D eigenvalue weighted by molar-refractivity contribution is -0.116. The molecule has 1 aromatic carbocycles. The molecule has 0 aliphatic carbocycles. The summed E-state index contributed by atoms with van der Waals surface area (Å²) in [5.74, 6) is -0.158. The summed E-state index contributed by atoms with van der Waals surface area (Å²) in [5.41, 5.74) is 1.36. The summed E-state index contributed by atoms with van der Waals surface area (Å²) in [6.45, 7) is 4.85. The lowest BCUT2D eigenvalue weighted by atomic mass is 9.88. The van der Waals surface area contributed by atoms with Crippen LogP contribution < -0.4 is 5.32 Å². The fourth-order valence-corrected chi connectivity index (χ4v) is 1.92. The fourth-order valence-electron chi connectivity index (χ4n) is 1.92. The van der Waals surface area contributed by atoms with Gasteiger partial charge in [0.05, 0.1) is 11.6 Å². The number of hydrogen-bond donors (Lipinski definition) is 2. The molecule has 0 radical (unpaired) electrons. The molecule has 2 N–H and O–H groups in total. The Kier molecular flexibility index (Phi) is 6.64. The summed E-state index contributed by atoms with van der Waals surface area (Å²) in [5, 5.41) is 20.5. The molecule has 1 amide bonds. The highest BCUT2D eigenvalue weighted by atomic mass is 16.2. The molecular weight excluding hydrogens is 264 g/mol. The van der Waals surface area contributed by atoms with E-state index in [4.69, 9.17) is 10.4 Å². The minimum atomic E-state index is -0.158. The standard InChI is InChI=1S/C17H22N2O2/c1-17(2,9-4-10-20)13-19-16(21)8-7-14-5-3-6-15(11-14)12-18/h3,5-8,11,20H,4,9-10,13H2,1-2H3,(H,19,21)/b8-7+. The van der Waals surface area contributed by atoms with Crippen LogP contribution in [0.1, 0.15) is 37.8 Å². The Bertz CT molecular complexity index is 542. The Morgan fingerprint density at radius 2 is 2.24 bits per heavy atom. The van der Waals surface area contributed by atoms with Gasteiger partial charge in [0.2, 0.25) is 5.91 Å². The van der Waals surface area contributed by atoms with Crippen molar-refractivity contribution in [3.63, 3.8) is 0 Å². The number of nitrogens with zero attached hydrogens (tertiary/aromatic N) is 1. The van der Waals surface area contributed by atoms with Gasteiger partial charge in [-0.15, -0.1) is 0 Å². The first-order valence-electron chi connectivity index (χ1n) is 7.04. The van der Waals surface area contributed by atoms with Crippen molar-refractivity contribution in [1.29, 1.82) is 5.26 Å². The van der Waals surface area contributed by atoms with Gasteiger partial charge in [-0.25, -0.2) is 0 Å². The number of carbonyl (C=O) groups excluding carboxylic acids is 1. The highest BCUT2D eigenvalue weighted by Crippen LogP contribution is 2.20. The van der Waals surface area contributed by atoms with Gasteiger partial charge in [-0.1, -0.05) is 26.0 Å². The Morgan fingerprint density at radius 3 is 2.90 bits per heavy atom. The third-order valence-electron chi connectivity index (χ3n) is 3.20. The lowest BCUT2D eigenvalue weighted by Crippen LogP contribution is -2.33. The molecule has 112 valence electrons. The van der Waals surface area contributed by atoms with Crippen LogP contribution in [0.5, 0.6) is 0 Å². The van der Waals surface area contributed by atoms with Crippen molar-refractivity contribution in [2.24, 2.45) is 5.41 Å². The van der Waals surface area contributed by atoms with Crippen molar-refractivity contribution in [1.82, 2.24) is 5.32 Å². The second kappa shape index (κ2) is 8.23. The van der Waals surface area contributed by atoms with Crippen LogP contribution >= 0.6 is 0 Å². The number of carbonyl (C=O) groups is 1. The smallest absolute Gasteiger partial charge is 0.244 e. The molecule has 0 bridgehead atoms. The van der Waals surface area contributed by atoms with E-state index in [-0.39, 0.29) is 17.9 Å². The number of nitrogens with one attached hydrogen (secondary N) is 1. The molecule has 4 nitrogen and oxygen atoms in total. The molecule has 0 fully saturated rings. The van der Waals surface area contributed by atoms with Gasteiger partial charge < -0.3 is 10.4 Å². The van der Waals surface area contributed by atoms with Crippen LogP contribution in [0.25, 0.3) is 6.08 Å². The van der Waals surface area contributed by atoms with Gasteiger partial charge in [0.25, 0.3) is 0 Å². The third-order valence-corrected chi connectivity index (χ3v) is 3.20. The number of amides is 1. The average Bonchev–Trinajstić information content (AvgIpc) is 2.49. The molecular formula is C17H22N2O2. The molecule has 4 heteroatoms. The molecule has 0 saturated carbocycles. The molecule has 0 heterocycles. The Labute approximate surface area is 126 Å². The van der Waals surface area contributed by atoms with E-state index in [9.17, 15) is 4.79 Å². The van der Waals surface area contributed by atoms with Gasteiger partial charge in [-0.2, -0.15) is 5.26 Å². The van der Waals surface area contributed by atoms with Crippen LogP contribution in [-0.4, -0.2) is 24.2 Å². The number of nitriles is 1. The molecule has 1 aromatic rings. The predicted molar refractivity (Wildman–Crippen MR) is 83.3 cm³/mol. The van der Waals surface area contributed by atoms with E-state index < -0.39 is 0 Å². The van der Waals surface area contributed by atoms with Gasteiger partial charge >= 0.3 is 0 Å². The molecule has 0 atom stereocenters. The molecule has 0 saturated heterocycles. The maximum Gasteiger partial charge on any atom is 0.244 e. The molecule has 1 rings (SSSR count). The quantitative estimate of drug-likeness (QED) is 0.756. The van der Waals surface area contributed by atoms with E-state index in [1.807, 2.05) is 6.07 Å². The SMILES string of the molecule is CC(C)(CCCO)CNC(=O)/C=C/c1cccc(C#N)c1. The van der Waals surface area contributed by atoms with Crippen molar-refractivity contribution in [3.8, 4) is 6.07 Å². The molecule has 0 unspecified atom stereocenters. The predicted octanol–water partition coefficient (Wildman–Crippen LogP) is 2.49. The minimum Gasteiger partial charge on any atom is -0.396 e. The van der Waals surface area contributed by atoms with Crippen molar-refractivity contribution < 1.29 is 9.90 Å². The summed E-state index contributed by atoms with van der Waals surface area (Å²) >= 11 is 0. The number of aliphatic hydroxyl groups excluding tert-OH is 1. The van der Waals surface area contributed by atoms with Gasteiger partial charge in [-0.05, 0) is 42.0 Å². The minimum absolute atomic E-state index is 0.0348. The summed E-state index contributed by atoms with van der Waals surface area (Å²) in [6.07, 6.45) is 4.76. The average molecular weight is 286 g/mol. The van der Waals surface area contributed by atoms with Gasteiger partial charge in [0, 0.05) is 19.2 Å². The summed E-state index contributed by atoms with van der Waals surface area (Å²) in [7, 11) is 0. The molecule has 0 spiro atoms. The van der Waals surface area contributed by atoms with E-state index in [0.717, 1.165) is 18.4 Å². The van der Waals surface area contributed by atoms with Crippen molar-refractivity contribution in [2.75, 3.05) is 13.2 Å². The first-order chi connectivity index (χ1) is 9.96. The molecule has 0 aliphatic heterocycles. The van der Waals surface area contributed by atoms with Crippen LogP contribution in [0.2, 0.25) is 0 Å². The normalized spacial score (nSPS) is 11.3. The first kappa shape index (κ1) is 16.9. The number of hydrogen-bond acceptors (Lipinski definition) is 3. The third kappa shape index (κ3) is 6.73. The summed E-state index contributed by atoms with van der Waals surface area (Å²) < 4.78 is 0. The largest absolute Gasteiger partial charge is 0.396 e. The fraction of sp³-hybridized carbons (Fsp3) is 0.412. The van der Waals surface area contributed by atoms with Gasteiger partial charge in [0.15, 0.2) is 0 Å². The van der Waals surface area contributed by atoms with Crippen molar-refractivity contribution in [2.45, 2.75) is 26.7 Å². The van der Waals surface area contributed by atoms with Gasteiger partial charge in [-0.3, -0.25) is 4.79 Å². The van der Waals surface area contributed by atoms with Gasteiger partial charge in [0.1, 0.15) is 0 Å². The zero-order valence-electron chi connectivity index (χ0n) is 12.6. The van der Waals surface area contributed by atoms with Crippen molar-refractivity contribution in [3.05, 3.63) is 41.5 Å². The Morgan fingerprint density at radius 1 is 1.48 bits per heavy atom. The van der Waals surface area contributed by atoms with Crippen LogP contribution in [0.3, 0.4) is 0 Å². The molecule has 21 heavy (non-hydrogen) atoms. The van der Waals surface area contributed by atoms with E-state index >= 15 is 0 Å². The van der Waals surface area contributed by atoms with Crippen LogP contribution in [0, 0.1) is 16.7 Å². The topological polar surface area (TPSA) is 73.1 Å². The molecule has 0 aliphatic rings. The highest BCUT2D eigenvalue weighted by molar-refractivity contribution is 5.91. The van der Waals surface area contributed by atoms with E-state index in [0.29, 0.717) is 12.1 Å². The summed E-state index contributed by atoms with van der Waals surface area (Å²) in [4.78, 5) is 11.8. The monoisotopic (exact) mass is 286 g/mol. The number of aliphatic hydroxyl groups is 1. The van der Waals surface area contributed by atoms with Crippen LogP contribution in [0.4, 0.5) is 0 Å². The molecule has 0 aromatic heterocycles. The highest BCUT2D eigenvalue weighted by Gasteiger charge is 2.17. The van der Waals surface area contributed by atoms with E-state index in [1.54, 1.807) is 24.3 Å². The zero-order valence-corrected chi connectivity index (χ0v) is 12.6. The van der Waals surface area contributed by atoms with Crippen molar-refractivity contribution >= 4 is 12.0 Å². The second-order valence-electron chi connectivity index (χ2n) is 5.78. The zero-order chi connectivity index (χ0) is 15.7. The van der Waals surface area contributed by atoms with Crippen LogP contribution in [-0.2, 0) is 4.79 Å². The second-order valence-corrected chi connectivity index (χ2v) is 5.78. The number of rotatable bonds is 7. The van der Waals surface area contributed by atoms with Crippen LogP contribution in [0.15, 0.2) is 30.3 Å². The number of benzene rings is 1.